The minimum absolute atomic E-state index is 0.0208. The lowest BCUT2D eigenvalue weighted by atomic mass is 9.77. The second-order valence-corrected chi connectivity index (χ2v) is 3.81. The summed E-state index contributed by atoms with van der Waals surface area (Å²) in [6, 6.07) is 0. The molecule has 0 aromatic carbocycles. The fourth-order valence-electron chi connectivity index (χ4n) is 1.91. The lowest BCUT2D eigenvalue weighted by Gasteiger charge is -2.30. The lowest BCUT2D eigenvalue weighted by molar-refractivity contribution is -0.191. The number of aliphatic hydroxyl groups excluding tert-OH is 2. The Balaban J connectivity index is 0.000000583. The molecule has 1 saturated heterocycles. The summed E-state index contributed by atoms with van der Waals surface area (Å²) in [7, 11) is 0. The molecule has 1 fully saturated rings. The lowest BCUT2D eigenvalue weighted by Crippen LogP contribution is -2.37. The first-order chi connectivity index (χ1) is 6.97. The second-order valence-electron chi connectivity index (χ2n) is 3.81. The second kappa shape index (κ2) is 5.98. The molecule has 15 heavy (non-hydrogen) atoms. The van der Waals surface area contributed by atoms with Crippen molar-refractivity contribution in [2.45, 2.75) is 52.1 Å². The molecule has 0 amide bonds. The van der Waals surface area contributed by atoms with E-state index in [1.54, 1.807) is 0 Å². The number of rotatable bonds is 2. The minimum atomic E-state index is -1.00. The van der Waals surface area contributed by atoms with Crippen LogP contribution in [0.4, 0.5) is 0 Å². The molecular formula is C10H18O5. The summed E-state index contributed by atoms with van der Waals surface area (Å²) in [5, 5.41) is 18.9. The quantitative estimate of drug-likeness (QED) is 0.696. The maximum Gasteiger partial charge on any atom is 0.373 e. The van der Waals surface area contributed by atoms with Crippen LogP contribution in [0.2, 0.25) is 0 Å². The van der Waals surface area contributed by atoms with Crippen LogP contribution in [0.3, 0.4) is 0 Å². The molecule has 1 aliphatic rings. The summed E-state index contributed by atoms with van der Waals surface area (Å²) in [6.07, 6.45) is 0.141. The molecule has 0 aromatic heterocycles. The van der Waals surface area contributed by atoms with E-state index in [0.717, 1.165) is 12.8 Å². The van der Waals surface area contributed by atoms with Crippen LogP contribution in [0.5, 0.6) is 0 Å². The van der Waals surface area contributed by atoms with Crippen LogP contribution >= 0.6 is 0 Å². The van der Waals surface area contributed by atoms with E-state index in [0.29, 0.717) is 0 Å². The topological polar surface area (TPSA) is 83.8 Å². The van der Waals surface area contributed by atoms with Crippen molar-refractivity contribution in [3.05, 3.63) is 0 Å². The van der Waals surface area contributed by atoms with Gasteiger partial charge in [-0.3, -0.25) is 0 Å². The Bertz CT molecular complexity index is 224. The van der Waals surface area contributed by atoms with Gasteiger partial charge in [-0.25, -0.2) is 0 Å². The van der Waals surface area contributed by atoms with Crippen LogP contribution in [0.25, 0.3) is 0 Å². The van der Waals surface area contributed by atoms with Crippen LogP contribution in [-0.4, -0.2) is 34.9 Å². The van der Waals surface area contributed by atoms with E-state index in [-0.39, 0.29) is 17.7 Å². The maximum absolute atomic E-state index is 9.64. The van der Waals surface area contributed by atoms with Crippen molar-refractivity contribution in [2.75, 3.05) is 0 Å². The number of hydrogen-bond donors (Lipinski definition) is 2. The highest BCUT2D eigenvalue weighted by Gasteiger charge is 2.50. The van der Waals surface area contributed by atoms with Gasteiger partial charge in [0.25, 0.3) is 0 Å². The molecule has 1 aliphatic heterocycles. The largest absolute Gasteiger partial charge is 0.387 e. The van der Waals surface area contributed by atoms with E-state index < -0.39 is 12.4 Å². The third-order valence-electron chi connectivity index (χ3n) is 3.12. The molecule has 2 unspecified atom stereocenters. The molecule has 5 nitrogen and oxygen atoms in total. The first-order valence-corrected chi connectivity index (χ1v) is 4.98. The highest BCUT2D eigenvalue weighted by molar-refractivity contribution is 5.20. The van der Waals surface area contributed by atoms with Crippen molar-refractivity contribution in [1.29, 1.82) is 0 Å². The van der Waals surface area contributed by atoms with E-state index >= 15 is 0 Å². The van der Waals surface area contributed by atoms with Gasteiger partial charge in [-0.1, -0.05) is 20.8 Å². The van der Waals surface area contributed by atoms with Gasteiger partial charge in [-0.05, 0) is 12.8 Å². The van der Waals surface area contributed by atoms with Crippen LogP contribution in [0, 0.1) is 5.41 Å². The van der Waals surface area contributed by atoms with Gasteiger partial charge in [0.2, 0.25) is 0 Å². The predicted molar refractivity (Wildman–Crippen MR) is 50.6 cm³/mol. The zero-order valence-corrected chi connectivity index (χ0v) is 9.27. The van der Waals surface area contributed by atoms with E-state index in [1.807, 2.05) is 20.8 Å². The predicted octanol–water partition coefficient (Wildman–Crippen LogP) is 0.307. The van der Waals surface area contributed by atoms with Crippen molar-refractivity contribution < 1.29 is 24.5 Å². The fourth-order valence-corrected chi connectivity index (χ4v) is 1.91. The molecule has 0 radical (unpaired) electrons. The van der Waals surface area contributed by atoms with Crippen molar-refractivity contribution in [2.24, 2.45) is 5.41 Å². The molecule has 0 aromatic rings. The van der Waals surface area contributed by atoms with E-state index in [2.05, 4.69) is 0 Å². The Morgan fingerprint density at radius 1 is 1.33 bits per heavy atom. The molecule has 1 rings (SSSR count). The molecule has 1 heterocycles. The Kier molecular flexibility index (Phi) is 5.68. The summed E-state index contributed by atoms with van der Waals surface area (Å²) in [4.78, 5) is 16.2. The average molecular weight is 218 g/mol. The van der Waals surface area contributed by atoms with Crippen molar-refractivity contribution >= 4 is 6.15 Å². The van der Waals surface area contributed by atoms with Crippen molar-refractivity contribution in [1.82, 2.24) is 0 Å². The summed E-state index contributed by atoms with van der Waals surface area (Å²) in [6.45, 7) is 5.97. The summed E-state index contributed by atoms with van der Waals surface area (Å²) in [5.41, 5.74) is -0.284. The van der Waals surface area contributed by atoms with Gasteiger partial charge < -0.3 is 14.9 Å². The molecular weight excluding hydrogens is 200 g/mol. The molecule has 0 spiro atoms. The third-order valence-corrected chi connectivity index (χ3v) is 3.12. The Hall–Kier alpha value is -0.740. The smallest absolute Gasteiger partial charge is 0.373 e. The Labute approximate surface area is 89.0 Å². The van der Waals surface area contributed by atoms with E-state index in [9.17, 15) is 10.2 Å². The van der Waals surface area contributed by atoms with Gasteiger partial charge in [0.05, 0.1) is 6.10 Å². The van der Waals surface area contributed by atoms with Crippen LogP contribution in [-0.2, 0) is 14.3 Å². The SMILES string of the molecule is CCC1OC(O)[C@@H](O)[C@]1(C)CC.O=C=O. The first kappa shape index (κ1) is 14.3. The fraction of sp³-hybridized carbons (Fsp3) is 0.900. The Morgan fingerprint density at radius 2 is 1.80 bits per heavy atom. The van der Waals surface area contributed by atoms with Gasteiger partial charge in [-0.2, -0.15) is 9.59 Å². The molecule has 2 N–H and O–H groups in total. The van der Waals surface area contributed by atoms with Crippen molar-refractivity contribution in [3.63, 3.8) is 0 Å². The normalized spacial score (nSPS) is 39.1. The van der Waals surface area contributed by atoms with Crippen LogP contribution < -0.4 is 0 Å². The van der Waals surface area contributed by atoms with Crippen LogP contribution in [0.15, 0.2) is 0 Å². The van der Waals surface area contributed by atoms with Gasteiger partial charge in [0.15, 0.2) is 6.29 Å². The highest BCUT2D eigenvalue weighted by atomic mass is 16.6. The van der Waals surface area contributed by atoms with E-state index in [1.165, 1.54) is 0 Å². The minimum Gasteiger partial charge on any atom is -0.387 e. The molecule has 5 heteroatoms. The number of ether oxygens (including phenoxy) is 1. The molecule has 4 atom stereocenters. The zero-order chi connectivity index (χ0) is 12.1. The average Bonchev–Trinajstić information content (AvgIpc) is 2.44. The number of carbonyl (C=O) groups excluding carboxylic acids is 2. The van der Waals surface area contributed by atoms with Gasteiger partial charge >= 0.3 is 6.15 Å². The van der Waals surface area contributed by atoms with Gasteiger partial charge in [0.1, 0.15) is 6.10 Å². The third kappa shape index (κ3) is 2.86. The molecule has 0 aliphatic carbocycles. The summed E-state index contributed by atoms with van der Waals surface area (Å²) < 4.78 is 5.23. The van der Waals surface area contributed by atoms with Gasteiger partial charge in [0, 0.05) is 5.41 Å². The van der Waals surface area contributed by atoms with E-state index in [4.69, 9.17) is 14.3 Å². The van der Waals surface area contributed by atoms with Gasteiger partial charge in [-0.15, -0.1) is 0 Å². The molecule has 0 saturated carbocycles. The number of hydrogen-bond acceptors (Lipinski definition) is 5. The molecule has 0 bridgehead atoms. The first-order valence-electron chi connectivity index (χ1n) is 4.98. The monoisotopic (exact) mass is 218 g/mol. The Morgan fingerprint density at radius 3 is 2.07 bits per heavy atom. The summed E-state index contributed by atoms with van der Waals surface area (Å²) >= 11 is 0. The zero-order valence-electron chi connectivity index (χ0n) is 9.27. The highest BCUT2D eigenvalue weighted by Crippen LogP contribution is 2.41. The van der Waals surface area contributed by atoms with Crippen molar-refractivity contribution in [3.8, 4) is 0 Å². The summed E-state index contributed by atoms with van der Waals surface area (Å²) in [5.74, 6) is 0. The molecule has 88 valence electrons. The van der Waals surface area contributed by atoms with Crippen LogP contribution in [0.1, 0.15) is 33.6 Å². The number of aliphatic hydroxyl groups is 2. The standard InChI is InChI=1S/C9H18O3.CO2/c1-4-6-9(3,5-2)7(10)8(11)12-6;2-1-3/h6-8,10-11H,4-5H2,1-3H3;/t6?,7-,8?,9-;/m1./s1. The maximum atomic E-state index is 9.64.